The van der Waals surface area contributed by atoms with Gasteiger partial charge in [0, 0.05) is 6.54 Å². The molecule has 0 unspecified atom stereocenters. The molecule has 0 fully saturated rings. The van der Waals surface area contributed by atoms with Gasteiger partial charge in [0.15, 0.2) is 9.84 Å². The molecule has 0 heterocycles. The molecule has 0 rings (SSSR count). The van der Waals surface area contributed by atoms with Crippen LogP contribution >= 0.6 is 0 Å². The lowest BCUT2D eigenvalue weighted by molar-refractivity contribution is -0.105. The number of nitrogens with zero attached hydrogens (tertiary/aromatic N) is 1. The lowest BCUT2D eigenvalue weighted by Gasteiger charge is -2.07. The minimum absolute atomic E-state index is 0.0543. The Hall–Kier alpha value is -0.420. The van der Waals surface area contributed by atoms with Crippen LogP contribution in [0, 0.1) is 0 Å². The maximum atomic E-state index is 10.9. The molecule has 0 saturated heterocycles. The zero-order valence-corrected chi connectivity index (χ0v) is 7.60. The maximum Gasteiger partial charge on any atom is 0.158 e. The van der Waals surface area contributed by atoms with Crippen LogP contribution in [-0.4, -0.2) is 51.7 Å². The Morgan fingerprint density at radius 1 is 1.36 bits per heavy atom. The zero-order valence-electron chi connectivity index (χ0n) is 6.78. The molecule has 0 amide bonds. The molecule has 0 aromatic rings. The second kappa shape index (κ2) is 4.46. The first kappa shape index (κ1) is 10.6. The van der Waals surface area contributed by atoms with Crippen molar-refractivity contribution in [2.24, 2.45) is 0 Å². The molecule has 0 atom stereocenters. The molecule has 0 bridgehead atoms. The van der Waals surface area contributed by atoms with Crippen molar-refractivity contribution in [3.05, 3.63) is 0 Å². The van der Waals surface area contributed by atoms with Gasteiger partial charge in [0.1, 0.15) is 12.0 Å². The van der Waals surface area contributed by atoms with Gasteiger partial charge in [-0.2, -0.15) is 0 Å². The number of hydrogen-bond donors (Lipinski definition) is 0. The van der Waals surface area contributed by atoms with E-state index in [1.54, 1.807) is 19.0 Å². The standard InChI is InChI=1S/C6H13NO3S/c1-7(2)3-5-11(9,10)6-4-8/h4H,3,5-6H2,1-2H3. The van der Waals surface area contributed by atoms with Crippen LogP contribution in [0.4, 0.5) is 0 Å². The van der Waals surface area contributed by atoms with Gasteiger partial charge < -0.3 is 9.69 Å². The first-order chi connectivity index (χ1) is 4.98. The molecule has 11 heavy (non-hydrogen) atoms. The largest absolute Gasteiger partial charge is 0.308 e. The van der Waals surface area contributed by atoms with E-state index < -0.39 is 9.84 Å². The summed E-state index contributed by atoms with van der Waals surface area (Å²) in [5.74, 6) is -0.306. The van der Waals surface area contributed by atoms with Crippen molar-refractivity contribution in [2.45, 2.75) is 0 Å². The lowest BCUT2D eigenvalue weighted by atomic mass is 10.7. The number of carbonyl (C=O) groups is 1. The molecule has 66 valence electrons. The summed E-state index contributed by atoms with van der Waals surface area (Å²) in [5.41, 5.74) is 0. The van der Waals surface area contributed by atoms with Gasteiger partial charge in [-0.15, -0.1) is 0 Å². The fourth-order valence-corrected chi connectivity index (χ4v) is 1.53. The Morgan fingerprint density at radius 2 is 1.91 bits per heavy atom. The molecule has 0 spiro atoms. The highest BCUT2D eigenvalue weighted by molar-refractivity contribution is 7.92. The summed E-state index contributed by atoms with van der Waals surface area (Å²) in [5, 5.41) is 0. The smallest absolute Gasteiger partial charge is 0.158 e. The highest BCUT2D eigenvalue weighted by Crippen LogP contribution is 1.88. The Morgan fingerprint density at radius 3 is 2.27 bits per heavy atom. The van der Waals surface area contributed by atoms with Crippen LogP contribution in [0.3, 0.4) is 0 Å². The Kier molecular flexibility index (Phi) is 4.29. The van der Waals surface area contributed by atoms with E-state index in [0.29, 0.717) is 12.8 Å². The molecule has 4 nitrogen and oxygen atoms in total. The fraction of sp³-hybridized carbons (Fsp3) is 0.833. The molecule has 0 aliphatic heterocycles. The quantitative estimate of drug-likeness (QED) is 0.516. The van der Waals surface area contributed by atoms with Gasteiger partial charge in [-0.05, 0) is 14.1 Å². The molecule has 0 N–H and O–H groups in total. The van der Waals surface area contributed by atoms with Gasteiger partial charge in [-0.1, -0.05) is 0 Å². The highest BCUT2D eigenvalue weighted by atomic mass is 32.2. The Labute approximate surface area is 67.1 Å². The molecule has 0 aromatic heterocycles. The molecule has 5 heteroatoms. The maximum absolute atomic E-state index is 10.9. The van der Waals surface area contributed by atoms with Gasteiger partial charge in [-0.3, -0.25) is 0 Å². The summed E-state index contributed by atoms with van der Waals surface area (Å²) in [4.78, 5) is 11.6. The van der Waals surface area contributed by atoms with E-state index in [-0.39, 0.29) is 11.5 Å². The third-order valence-electron chi connectivity index (χ3n) is 1.17. The predicted octanol–water partition coefficient (Wildman–Crippen LogP) is -0.838. The molecule has 0 saturated carbocycles. The molecular formula is C6H13NO3S. The van der Waals surface area contributed by atoms with E-state index in [1.165, 1.54) is 0 Å². The molecular weight excluding hydrogens is 166 g/mol. The van der Waals surface area contributed by atoms with Gasteiger partial charge in [0.25, 0.3) is 0 Å². The van der Waals surface area contributed by atoms with Crippen molar-refractivity contribution in [2.75, 3.05) is 32.1 Å². The van der Waals surface area contributed by atoms with E-state index in [0.717, 1.165) is 0 Å². The minimum Gasteiger partial charge on any atom is -0.308 e. The molecule has 0 radical (unpaired) electrons. The van der Waals surface area contributed by atoms with Gasteiger partial charge in [-0.25, -0.2) is 8.42 Å². The third kappa shape index (κ3) is 6.00. The topological polar surface area (TPSA) is 54.5 Å². The SMILES string of the molecule is CN(C)CCS(=O)(=O)CC=O. The van der Waals surface area contributed by atoms with Crippen molar-refractivity contribution >= 4 is 16.1 Å². The number of rotatable bonds is 5. The minimum atomic E-state index is -3.14. The Balaban J connectivity index is 3.83. The van der Waals surface area contributed by atoms with Crippen molar-refractivity contribution < 1.29 is 13.2 Å². The van der Waals surface area contributed by atoms with E-state index in [2.05, 4.69) is 0 Å². The average Bonchev–Trinajstić information content (AvgIpc) is 1.84. The molecule has 0 aliphatic rings. The second-order valence-electron chi connectivity index (χ2n) is 2.58. The summed E-state index contributed by atoms with van der Waals surface area (Å²) in [6, 6.07) is 0. The number of sulfone groups is 1. The van der Waals surface area contributed by atoms with E-state index in [1.807, 2.05) is 0 Å². The molecule has 0 aromatic carbocycles. The zero-order chi connectivity index (χ0) is 8.91. The first-order valence-corrected chi connectivity index (χ1v) is 5.09. The number of aldehydes is 1. The van der Waals surface area contributed by atoms with Crippen LogP contribution in [0.5, 0.6) is 0 Å². The summed E-state index contributed by atoms with van der Waals surface area (Å²) in [6.45, 7) is 0.468. The van der Waals surface area contributed by atoms with E-state index >= 15 is 0 Å². The van der Waals surface area contributed by atoms with Crippen molar-refractivity contribution in [1.29, 1.82) is 0 Å². The van der Waals surface area contributed by atoms with Crippen LogP contribution in [0.15, 0.2) is 0 Å². The van der Waals surface area contributed by atoms with Crippen LogP contribution in [-0.2, 0) is 14.6 Å². The Bertz CT molecular complexity index is 208. The molecule has 0 aliphatic carbocycles. The summed E-state index contributed by atoms with van der Waals surface area (Å²) >= 11 is 0. The van der Waals surface area contributed by atoms with Crippen molar-refractivity contribution in [1.82, 2.24) is 4.90 Å². The summed E-state index contributed by atoms with van der Waals surface area (Å²) in [7, 11) is 0.440. The lowest BCUT2D eigenvalue weighted by Crippen LogP contribution is -2.23. The van der Waals surface area contributed by atoms with Crippen LogP contribution in [0.25, 0.3) is 0 Å². The van der Waals surface area contributed by atoms with Crippen molar-refractivity contribution in [3.8, 4) is 0 Å². The van der Waals surface area contributed by atoms with Crippen LogP contribution in [0.1, 0.15) is 0 Å². The monoisotopic (exact) mass is 179 g/mol. The summed E-state index contributed by atoms with van der Waals surface area (Å²) < 4.78 is 21.8. The number of hydrogen-bond acceptors (Lipinski definition) is 4. The summed E-state index contributed by atoms with van der Waals surface area (Å²) in [6.07, 6.45) is 0.422. The second-order valence-corrected chi connectivity index (χ2v) is 4.81. The van der Waals surface area contributed by atoms with Crippen LogP contribution in [0.2, 0.25) is 0 Å². The van der Waals surface area contributed by atoms with E-state index in [9.17, 15) is 13.2 Å². The number of carbonyl (C=O) groups excluding carboxylic acids is 1. The van der Waals surface area contributed by atoms with Gasteiger partial charge >= 0.3 is 0 Å². The van der Waals surface area contributed by atoms with E-state index in [4.69, 9.17) is 0 Å². The van der Waals surface area contributed by atoms with Crippen LogP contribution < -0.4 is 0 Å². The fourth-order valence-electron chi connectivity index (χ4n) is 0.509. The predicted molar refractivity (Wildman–Crippen MR) is 43.3 cm³/mol. The average molecular weight is 179 g/mol. The van der Waals surface area contributed by atoms with Gasteiger partial charge in [0.05, 0.1) is 5.75 Å². The normalized spacial score (nSPS) is 11.9. The third-order valence-corrected chi connectivity index (χ3v) is 2.62. The first-order valence-electron chi connectivity index (χ1n) is 3.27. The van der Waals surface area contributed by atoms with Crippen molar-refractivity contribution in [3.63, 3.8) is 0 Å². The highest BCUT2D eigenvalue weighted by Gasteiger charge is 2.09. The van der Waals surface area contributed by atoms with Gasteiger partial charge in [0.2, 0.25) is 0 Å².